The largest absolute Gasteiger partial charge is 0.489 e. The maximum atomic E-state index is 11.6. The summed E-state index contributed by atoms with van der Waals surface area (Å²) in [4.78, 5) is 27.0. The fourth-order valence-electron chi connectivity index (χ4n) is 4.22. The van der Waals surface area contributed by atoms with Gasteiger partial charge in [-0.1, -0.05) is 47.0 Å². The molecule has 3 heterocycles. The number of aromatic nitrogens is 4. The first-order chi connectivity index (χ1) is 18.9. The van der Waals surface area contributed by atoms with Crippen LogP contribution in [0.5, 0.6) is 5.75 Å². The van der Waals surface area contributed by atoms with Crippen LogP contribution in [0.1, 0.15) is 17.4 Å². The lowest BCUT2D eigenvalue weighted by molar-refractivity contribution is -0.152. The molecule has 1 aliphatic heterocycles. The summed E-state index contributed by atoms with van der Waals surface area (Å²) in [5, 5.41) is 27.1. The summed E-state index contributed by atoms with van der Waals surface area (Å²) in [6.45, 7) is 0.601. The number of carboxylic acid groups (broad SMARTS) is 1. The van der Waals surface area contributed by atoms with Gasteiger partial charge in [0.25, 0.3) is 0 Å². The average Bonchev–Trinajstić information content (AvgIpc) is 3.48. The zero-order chi connectivity index (χ0) is 27.5. The first-order valence-electron chi connectivity index (χ1n) is 11.6. The summed E-state index contributed by atoms with van der Waals surface area (Å²) < 4.78 is 12.8. The van der Waals surface area contributed by atoms with Crippen LogP contribution in [-0.4, -0.2) is 54.0 Å². The van der Waals surface area contributed by atoms with Gasteiger partial charge in [-0.05, 0) is 40.9 Å². The van der Waals surface area contributed by atoms with Crippen LogP contribution in [0.15, 0.2) is 60.0 Å². The minimum atomic E-state index is -1.56. The van der Waals surface area contributed by atoms with Gasteiger partial charge in [0.05, 0.1) is 6.33 Å². The molecule has 39 heavy (non-hydrogen) atoms. The highest BCUT2D eigenvalue weighted by Gasteiger charge is 2.48. The van der Waals surface area contributed by atoms with E-state index in [0.29, 0.717) is 17.4 Å². The highest BCUT2D eigenvalue weighted by Crippen LogP contribution is 2.35. The van der Waals surface area contributed by atoms with Crippen LogP contribution in [0.4, 0.5) is 5.82 Å². The number of benzene rings is 2. The van der Waals surface area contributed by atoms with Crippen LogP contribution in [0.2, 0.25) is 10.3 Å². The van der Waals surface area contributed by atoms with Crippen molar-refractivity contribution in [1.82, 2.24) is 19.5 Å². The number of fused-ring (bicyclic) bond motifs is 1. The predicted molar refractivity (Wildman–Crippen MR) is 140 cm³/mol. The second-order valence-corrected chi connectivity index (χ2v) is 9.29. The quantitative estimate of drug-likeness (QED) is 0.114. The number of aliphatic carboxylic acids is 1. The molecule has 0 radical (unpaired) electrons. The van der Waals surface area contributed by atoms with Crippen molar-refractivity contribution in [1.29, 1.82) is 0 Å². The van der Waals surface area contributed by atoms with E-state index in [1.54, 1.807) is 18.2 Å². The lowest BCUT2D eigenvalue weighted by atomic mass is 10.1. The molecule has 2 aromatic heterocycles. The maximum absolute atomic E-state index is 11.6. The van der Waals surface area contributed by atoms with E-state index < -0.39 is 30.4 Å². The van der Waals surface area contributed by atoms with Crippen LogP contribution >= 0.6 is 23.2 Å². The number of hydrogen-bond acceptors (Lipinski definition) is 9. The number of anilines is 1. The molecule has 0 aliphatic carbocycles. The molecule has 1 saturated heterocycles. The summed E-state index contributed by atoms with van der Waals surface area (Å²) >= 11 is 12.4. The van der Waals surface area contributed by atoms with E-state index in [9.17, 15) is 15.0 Å². The number of nitrogens with one attached hydrogen (secondary N) is 1. The molecule has 1 fully saturated rings. The summed E-state index contributed by atoms with van der Waals surface area (Å²) in [5.74, 6) is -0.504. The smallest absolute Gasteiger partial charge is 0.333 e. The number of hydrogen-bond donors (Lipinski definition) is 3. The summed E-state index contributed by atoms with van der Waals surface area (Å²) in [6, 6.07) is 13.6. The molecular formula is C24H20Cl2N8O5. The van der Waals surface area contributed by atoms with E-state index in [1.165, 1.54) is 10.9 Å². The molecule has 0 amide bonds. The Bertz CT molecular complexity index is 1560. The number of rotatable bonds is 9. The third kappa shape index (κ3) is 5.53. The molecule has 5 rings (SSSR count). The molecule has 4 atom stereocenters. The first kappa shape index (κ1) is 26.5. The Balaban J connectivity index is 1.41. The number of ether oxygens (including phenoxy) is 2. The molecule has 3 N–H and O–H groups in total. The number of azide groups is 1. The molecule has 0 bridgehead atoms. The van der Waals surface area contributed by atoms with E-state index in [1.807, 2.05) is 30.3 Å². The van der Waals surface area contributed by atoms with Gasteiger partial charge >= 0.3 is 5.97 Å². The molecule has 0 saturated carbocycles. The number of nitrogens with zero attached hydrogens (tertiary/aromatic N) is 7. The van der Waals surface area contributed by atoms with Crippen LogP contribution in [0.3, 0.4) is 0 Å². The Morgan fingerprint density at radius 3 is 2.77 bits per heavy atom. The van der Waals surface area contributed by atoms with Gasteiger partial charge in [0.15, 0.2) is 29.3 Å². The van der Waals surface area contributed by atoms with Gasteiger partial charge in [-0.3, -0.25) is 4.57 Å². The highest BCUT2D eigenvalue weighted by molar-refractivity contribution is 6.30. The van der Waals surface area contributed by atoms with Crippen molar-refractivity contribution in [2.75, 3.05) is 5.32 Å². The fraction of sp³-hybridized carbons (Fsp3) is 0.250. The number of aliphatic hydroxyl groups is 1. The van der Waals surface area contributed by atoms with Crippen molar-refractivity contribution in [3.8, 4) is 5.75 Å². The molecule has 2 aromatic carbocycles. The third-order valence-electron chi connectivity index (χ3n) is 6.04. The molecule has 4 aromatic rings. The Labute approximate surface area is 230 Å². The molecule has 200 valence electrons. The van der Waals surface area contributed by atoms with Gasteiger partial charge in [-0.2, -0.15) is 9.97 Å². The standard InChI is InChI=1S/C24H20Cl2N8O5/c25-14-6-7-15(38-10-12-4-2-1-3-5-12)13(8-14)9-28-20-17-21(31-24(26)30-20)34(11-29-17)22-18(35)16(32-33-27)19(39-22)23(36)37/h1-8,11,16,18-19,22,35H,9-10H2,(H,36,37)(H,28,30,31). The van der Waals surface area contributed by atoms with Gasteiger partial charge < -0.3 is 25.0 Å². The Hall–Kier alpha value is -4.13. The monoisotopic (exact) mass is 570 g/mol. The molecule has 0 spiro atoms. The minimum Gasteiger partial charge on any atom is -0.489 e. The van der Waals surface area contributed by atoms with Gasteiger partial charge in [-0.25, -0.2) is 9.78 Å². The van der Waals surface area contributed by atoms with Crippen LogP contribution in [0, 0.1) is 0 Å². The Kier molecular flexibility index (Phi) is 7.68. The normalized spacial score (nSPS) is 20.5. The van der Waals surface area contributed by atoms with E-state index in [0.717, 1.165) is 11.1 Å². The average molecular weight is 571 g/mol. The van der Waals surface area contributed by atoms with E-state index in [-0.39, 0.29) is 28.8 Å². The zero-order valence-electron chi connectivity index (χ0n) is 19.9. The SMILES string of the molecule is [N-]=[N+]=NC1C(C(=O)O)OC(n2cnc3c(NCc4cc(Cl)ccc4OCc4ccccc4)nc(Cl)nc32)C1O. The number of carboxylic acids is 1. The van der Waals surface area contributed by atoms with Crippen molar-refractivity contribution in [2.24, 2.45) is 5.11 Å². The van der Waals surface area contributed by atoms with Crippen molar-refractivity contribution in [3.63, 3.8) is 0 Å². The topological polar surface area (TPSA) is 180 Å². The zero-order valence-corrected chi connectivity index (χ0v) is 21.4. The molecule has 1 aliphatic rings. The second kappa shape index (κ2) is 11.3. The highest BCUT2D eigenvalue weighted by atomic mass is 35.5. The Morgan fingerprint density at radius 2 is 2.03 bits per heavy atom. The van der Waals surface area contributed by atoms with Crippen LogP contribution < -0.4 is 10.1 Å². The maximum Gasteiger partial charge on any atom is 0.333 e. The van der Waals surface area contributed by atoms with Crippen LogP contribution in [0.25, 0.3) is 21.6 Å². The van der Waals surface area contributed by atoms with E-state index in [4.69, 9.17) is 38.2 Å². The molecule has 4 unspecified atom stereocenters. The van der Waals surface area contributed by atoms with E-state index in [2.05, 4.69) is 30.3 Å². The van der Waals surface area contributed by atoms with Gasteiger partial charge in [0, 0.05) is 22.0 Å². The first-order valence-corrected chi connectivity index (χ1v) is 12.3. The minimum absolute atomic E-state index is 0.132. The van der Waals surface area contributed by atoms with Gasteiger partial charge in [0.1, 0.15) is 24.5 Å². The van der Waals surface area contributed by atoms with E-state index >= 15 is 0 Å². The number of imidazole rings is 1. The summed E-state index contributed by atoms with van der Waals surface area (Å²) in [7, 11) is 0. The van der Waals surface area contributed by atoms with Gasteiger partial charge in [-0.15, -0.1) is 0 Å². The van der Waals surface area contributed by atoms with Crippen LogP contribution in [-0.2, 0) is 22.7 Å². The summed E-state index contributed by atoms with van der Waals surface area (Å²) in [5.41, 5.74) is 11.0. The predicted octanol–water partition coefficient (Wildman–Crippen LogP) is 4.35. The van der Waals surface area contributed by atoms with Crippen molar-refractivity contribution in [3.05, 3.63) is 86.7 Å². The lowest BCUT2D eigenvalue weighted by Crippen LogP contribution is -2.34. The number of carbonyl (C=O) groups is 1. The number of aliphatic hydroxyl groups excluding tert-OH is 1. The second-order valence-electron chi connectivity index (χ2n) is 8.52. The fourth-order valence-corrected chi connectivity index (χ4v) is 4.58. The number of halogens is 2. The molecule has 15 heteroatoms. The lowest BCUT2D eigenvalue weighted by Gasteiger charge is -2.17. The summed E-state index contributed by atoms with van der Waals surface area (Å²) in [6.07, 6.45) is -3.00. The molecular weight excluding hydrogens is 551 g/mol. The Morgan fingerprint density at radius 1 is 1.23 bits per heavy atom. The van der Waals surface area contributed by atoms with Crippen molar-refractivity contribution in [2.45, 2.75) is 37.6 Å². The van der Waals surface area contributed by atoms with Crippen molar-refractivity contribution >= 4 is 46.2 Å². The molecule has 13 nitrogen and oxygen atoms in total. The van der Waals surface area contributed by atoms with Crippen molar-refractivity contribution < 1.29 is 24.5 Å². The van der Waals surface area contributed by atoms with Gasteiger partial charge in [0.2, 0.25) is 5.28 Å². The third-order valence-corrected chi connectivity index (χ3v) is 6.45.